The predicted octanol–water partition coefficient (Wildman–Crippen LogP) is 0.936. The van der Waals surface area contributed by atoms with E-state index in [9.17, 15) is 4.79 Å². The number of nitrogens with one attached hydrogen (secondary N) is 1. The van der Waals surface area contributed by atoms with Crippen LogP contribution in [0.5, 0.6) is 0 Å². The van der Waals surface area contributed by atoms with Crippen molar-refractivity contribution in [1.82, 2.24) is 9.88 Å². The van der Waals surface area contributed by atoms with Crippen LogP contribution in [0.2, 0.25) is 0 Å². The van der Waals surface area contributed by atoms with Crippen LogP contribution in [-0.4, -0.2) is 29.9 Å². The molecule has 2 rings (SSSR count). The van der Waals surface area contributed by atoms with Crippen molar-refractivity contribution in [2.24, 2.45) is 0 Å². The highest BCUT2D eigenvalue weighted by atomic mass is 16.2. The summed E-state index contributed by atoms with van der Waals surface area (Å²) in [7, 11) is 3.75. The monoisotopic (exact) mass is 189 g/mol. The summed E-state index contributed by atoms with van der Waals surface area (Å²) in [6.07, 6.45) is 3.46. The van der Waals surface area contributed by atoms with Crippen LogP contribution < -0.4 is 5.32 Å². The second kappa shape index (κ2) is 3.14. The Morgan fingerprint density at radius 2 is 2.29 bits per heavy atom. The van der Waals surface area contributed by atoms with Crippen molar-refractivity contribution in [3.05, 3.63) is 30.2 Å². The Bertz CT molecular complexity index is 410. The maximum atomic E-state index is 11.5. The van der Waals surface area contributed by atoms with Gasteiger partial charge in [-0.2, -0.15) is 0 Å². The molecular weight excluding hydrogens is 178 g/mol. The number of rotatable bonds is 1. The van der Waals surface area contributed by atoms with Gasteiger partial charge in [0.05, 0.1) is 11.3 Å². The van der Waals surface area contributed by atoms with Gasteiger partial charge in [0.15, 0.2) is 0 Å². The Morgan fingerprint density at radius 3 is 3.00 bits per heavy atom. The zero-order valence-corrected chi connectivity index (χ0v) is 8.11. The maximum Gasteiger partial charge on any atom is 0.259 e. The van der Waals surface area contributed by atoms with Gasteiger partial charge in [0.25, 0.3) is 5.91 Å². The number of hydrogen-bond donors (Lipinski definition) is 1. The summed E-state index contributed by atoms with van der Waals surface area (Å²) in [4.78, 5) is 17.5. The molecule has 14 heavy (non-hydrogen) atoms. The first-order chi connectivity index (χ1) is 6.68. The molecule has 0 bridgehead atoms. The number of aromatic nitrogens is 1. The lowest BCUT2D eigenvalue weighted by Gasteiger charge is -2.05. The number of fused-ring (bicyclic) bond motifs is 1. The molecule has 4 heteroatoms. The number of nitrogens with zero attached hydrogens (tertiary/aromatic N) is 2. The number of hydrogen-bond acceptors (Lipinski definition) is 3. The van der Waals surface area contributed by atoms with Crippen molar-refractivity contribution in [1.29, 1.82) is 0 Å². The third kappa shape index (κ3) is 1.35. The Balaban J connectivity index is 2.50. The van der Waals surface area contributed by atoms with E-state index >= 15 is 0 Å². The normalized spacial score (nSPS) is 16.7. The minimum atomic E-state index is -0.0904. The number of anilines is 1. The molecule has 1 aliphatic heterocycles. The van der Waals surface area contributed by atoms with Crippen molar-refractivity contribution in [2.75, 3.05) is 19.4 Å². The molecule has 0 saturated carbocycles. The lowest BCUT2D eigenvalue weighted by atomic mass is 10.2. The summed E-state index contributed by atoms with van der Waals surface area (Å²) in [6.45, 7) is 0. The molecule has 0 unspecified atom stereocenters. The summed E-state index contributed by atoms with van der Waals surface area (Å²) in [5.41, 5.74) is 2.13. The third-order valence-corrected chi connectivity index (χ3v) is 1.94. The Hall–Kier alpha value is -1.84. The van der Waals surface area contributed by atoms with Crippen molar-refractivity contribution >= 4 is 17.2 Å². The minimum absolute atomic E-state index is 0.0904. The Labute approximate surface area is 82.3 Å². The van der Waals surface area contributed by atoms with Gasteiger partial charge in [-0.1, -0.05) is 0 Å². The zero-order chi connectivity index (χ0) is 10.1. The van der Waals surface area contributed by atoms with Crippen LogP contribution in [0.4, 0.5) is 5.69 Å². The van der Waals surface area contributed by atoms with E-state index in [1.165, 1.54) is 0 Å². The van der Waals surface area contributed by atoms with Gasteiger partial charge in [0.1, 0.15) is 5.69 Å². The topological polar surface area (TPSA) is 45.2 Å². The highest BCUT2D eigenvalue weighted by Crippen LogP contribution is 2.28. The standard InChI is InChI=1S/C10H11N3O/c1-13(2)6-7-9-8(12-10(7)14)4-3-5-11-9/h3-6H,1-2H3,(H,12,14)/b7-6-. The number of carbonyl (C=O) groups is 1. The quantitative estimate of drug-likeness (QED) is 0.668. The van der Waals surface area contributed by atoms with Gasteiger partial charge in [-0.25, -0.2) is 0 Å². The highest BCUT2D eigenvalue weighted by molar-refractivity contribution is 6.30. The number of pyridine rings is 1. The molecule has 0 atom stereocenters. The largest absolute Gasteiger partial charge is 0.383 e. The van der Waals surface area contributed by atoms with E-state index in [0.29, 0.717) is 5.57 Å². The van der Waals surface area contributed by atoms with Crippen molar-refractivity contribution in [3.63, 3.8) is 0 Å². The summed E-state index contributed by atoms with van der Waals surface area (Å²) >= 11 is 0. The van der Waals surface area contributed by atoms with Crippen LogP contribution in [0, 0.1) is 0 Å². The molecular formula is C10H11N3O. The van der Waals surface area contributed by atoms with Crippen molar-refractivity contribution in [3.8, 4) is 0 Å². The SMILES string of the molecule is CN(C)/C=C1\C(=O)Nc2cccnc21. The van der Waals surface area contributed by atoms with Crippen LogP contribution in [0.1, 0.15) is 5.69 Å². The molecule has 0 aliphatic carbocycles. The van der Waals surface area contributed by atoms with Crippen LogP contribution >= 0.6 is 0 Å². The van der Waals surface area contributed by atoms with Crippen LogP contribution in [0.3, 0.4) is 0 Å². The molecule has 1 aromatic rings. The average Bonchev–Trinajstić information content (AvgIpc) is 2.43. The second-order valence-corrected chi connectivity index (χ2v) is 3.36. The van der Waals surface area contributed by atoms with Crippen LogP contribution in [-0.2, 0) is 4.79 Å². The van der Waals surface area contributed by atoms with E-state index in [-0.39, 0.29) is 5.91 Å². The maximum absolute atomic E-state index is 11.5. The number of amides is 1. The Kier molecular flexibility index (Phi) is 1.96. The first kappa shape index (κ1) is 8.74. The first-order valence-electron chi connectivity index (χ1n) is 4.33. The number of carbonyl (C=O) groups excluding carboxylic acids is 1. The van der Waals surface area contributed by atoms with Crippen molar-refractivity contribution < 1.29 is 4.79 Å². The molecule has 1 N–H and O–H groups in total. The minimum Gasteiger partial charge on any atom is -0.383 e. The molecule has 2 heterocycles. The zero-order valence-electron chi connectivity index (χ0n) is 8.11. The summed E-state index contributed by atoms with van der Waals surface area (Å²) < 4.78 is 0. The molecule has 0 saturated heterocycles. The van der Waals surface area contributed by atoms with Crippen LogP contribution in [0.25, 0.3) is 5.57 Å². The second-order valence-electron chi connectivity index (χ2n) is 3.36. The van der Waals surface area contributed by atoms with Gasteiger partial charge in [-0.05, 0) is 12.1 Å². The molecule has 1 aromatic heterocycles. The van der Waals surface area contributed by atoms with Crippen LogP contribution in [0.15, 0.2) is 24.5 Å². The fourth-order valence-electron chi connectivity index (χ4n) is 1.40. The van der Waals surface area contributed by atoms with Gasteiger partial charge in [-0.15, -0.1) is 0 Å². The third-order valence-electron chi connectivity index (χ3n) is 1.94. The van der Waals surface area contributed by atoms with Gasteiger partial charge in [-0.3, -0.25) is 9.78 Å². The van der Waals surface area contributed by atoms with Crippen molar-refractivity contribution in [2.45, 2.75) is 0 Å². The summed E-state index contributed by atoms with van der Waals surface area (Å²) in [5.74, 6) is -0.0904. The van der Waals surface area contributed by atoms with E-state index in [1.807, 2.05) is 25.1 Å². The lowest BCUT2D eigenvalue weighted by Crippen LogP contribution is -2.08. The molecule has 0 fully saturated rings. The fraction of sp³-hybridized carbons (Fsp3) is 0.200. The molecule has 1 aliphatic rings. The summed E-state index contributed by atoms with van der Waals surface area (Å²) in [6, 6.07) is 3.65. The molecule has 0 spiro atoms. The smallest absolute Gasteiger partial charge is 0.259 e. The van der Waals surface area contributed by atoms with E-state index in [2.05, 4.69) is 10.3 Å². The fourth-order valence-corrected chi connectivity index (χ4v) is 1.40. The summed E-state index contributed by atoms with van der Waals surface area (Å²) in [5, 5.41) is 2.76. The Morgan fingerprint density at radius 1 is 1.50 bits per heavy atom. The van der Waals surface area contributed by atoms with E-state index < -0.39 is 0 Å². The van der Waals surface area contributed by atoms with E-state index in [1.54, 1.807) is 18.5 Å². The van der Waals surface area contributed by atoms with E-state index in [0.717, 1.165) is 11.4 Å². The molecule has 4 nitrogen and oxygen atoms in total. The van der Waals surface area contributed by atoms with Gasteiger partial charge in [0.2, 0.25) is 0 Å². The average molecular weight is 189 g/mol. The van der Waals surface area contributed by atoms with E-state index in [4.69, 9.17) is 0 Å². The van der Waals surface area contributed by atoms with Gasteiger partial charge in [0, 0.05) is 26.5 Å². The molecule has 0 radical (unpaired) electrons. The highest BCUT2D eigenvalue weighted by Gasteiger charge is 2.24. The predicted molar refractivity (Wildman–Crippen MR) is 54.5 cm³/mol. The molecule has 72 valence electrons. The molecule has 1 amide bonds. The first-order valence-corrected chi connectivity index (χ1v) is 4.33. The molecule has 0 aromatic carbocycles. The van der Waals surface area contributed by atoms with Gasteiger partial charge >= 0.3 is 0 Å². The van der Waals surface area contributed by atoms with Gasteiger partial charge < -0.3 is 10.2 Å². The lowest BCUT2D eigenvalue weighted by molar-refractivity contribution is -0.110.